The Labute approximate surface area is 340 Å². The summed E-state index contributed by atoms with van der Waals surface area (Å²) in [6.45, 7) is 0. The minimum absolute atomic E-state index is 0.142. The van der Waals surface area contributed by atoms with Crippen molar-refractivity contribution >= 4 is 60.9 Å². The molecule has 270 valence electrons. The number of rotatable bonds is 4. The summed E-state index contributed by atoms with van der Waals surface area (Å²) in [7, 11) is 0. The first kappa shape index (κ1) is 27.9. The van der Waals surface area contributed by atoms with Crippen LogP contribution in [0.1, 0.15) is 27.7 Å². The van der Waals surface area contributed by atoms with E-state index in [1.807, 2.05) is 77.7 Å². The van der Waals surface area contributed by atoms with Crippen LogP contribution in [0, 0.1) is 0 Å². The lowest BCUT2D eigenvalue weighted by atomic mass is 9.70. The summed E-state index contributed by atoms with van der Waals surface area (Å²) in [4.78, 5) is 2.04. The fraction of sp³-hybridized carbons (Fsp3) is 0.0182. The van der Waals surface area contributed by atoms with E-state index in [4.69, 9.17) is 10.2 Å². The molecule has 9 aromatic carbocycles. The Balaban J connectivity index is 1.19. The molecule has 0 unspecified atom stereocenters. The first-order valence-corrected chi connectivity index (χ1v) is 19.6. The van der Waals surface area contributed by atoms with Gasteiger partial charge in [-0.25, -0.2) is 0 Å². The molecule has 3 nitrogen and oxygen atoms in total. The Kier molecular flexibility index (Phi) is 5.63. The smallest absolute Gasteiger partial charge is 0.137 e. The minimum atomic E-state index is -0.635. The highest BCUT2D eigenvalue weighted by atomic mass is 16.3. The van der Waals surface area contributed by atoms with Gasteiger partial charge in [0.1, 0.15) is 22.3 Å². The van der Waals surface area contributed by atoms with Gasteiger partial charge in [0.05, 0.1) is 22.3 Å². The molecular weight excluding hydrogens is 707 g/mol. The number of hydrogen-bond donors (Lipinski definition) is 0. The number of furan rings is 2. The Morgan fingerprint density at radius 3 is 1.74 bits per heavy atom. The van der Waals surface area contributed by atoms with Gasteiger partial charge in [-0.05, 0) is 86.9 Å². The molecule has 2 aliphatic carbocycles. The average molecular weight is 744 g/mol. The summed E-state index contributed by atoms with van der Waals surface area (Å²) >= 11 is 0. The molecule has 0 atom stereocenters. The van der Waals surface area contributed by atoms with E-state index in [9.17, 15) is 4.11 Å². The van der Waals surface area contributed by atoms with Crippen molar-refractivity contribution in [2.24, 2.45) is 0 Å². The highest BCUT2D eigenvalue weighted by Gasteiger charge is 2.52. The zero-order valence-electron chi connectivity index (χ0n) is 35.0. The number of fused-ring (bicyclic) bond motifs is 16. The fourth-order valence-electron chi connectivity index (χ4n) is 10.2. The van der Waals surface area contributed by atoms with Crippen molar-refractivity contribution in [3.63, 3.8) is 0 Å². The van der Waals surface area contributed by atoms with Crippen LogP contribution in [0.4, 0.5) is 17.1 Å². The summed E-state index contributed by atoms with van der Waals surface area (Å²) in [5.74, 6) is 0. The Hall–Kier alpha value is -7.62. The second kappa shape index (κ2) is 11.7. The Morgan fingerprint density at radius 1 is 0.397 bits per heavy atom. The van der Waals surface area contributed by atoms with Crippen LogP contribution < -0.4 is 4.90 Å². The molecular formula is C55H33NO2. The fourth-order valence-corrected chi connectivity index (χ4v) is 10.2. The van der Waals surface area contributed by atoms with Gasteiger partial charge in [-0.3, -0.25) is 0 Å². The van der Waals surface area contributed by atoms with Gasteiger partial charge in [0, 0.05) is 44.4 Å². The highest BCUT2D eigenvalue weighted by Crippen LogP contribution is 2.65. The molecule has 0 saturated heterocycles. The van der Waals surface area contributed by atoms with Crippen LogP contribution in [0.15, 0.2) is 209 Å². The van der Waals surface area contributed by atoms with Crippen molar-refractivity contribution < 1.29 is 14.3 Å². The normalized spacial score (nSPS) is 14.3. The largest absolute Gasteiger partial charge is 0.456 e. The molecule has 0 bridgehead atoms. The van der Waals surface area contributed by atoms with Gasteiger partial charge in [-0.2, -0.15) is 0 Å². The van der Waals surface area contributed by atoms with Gasteiger partial charge in [0.15, 0.2) is 0 Å². The molecule has 0 radical (unpaired) electrons. The van der Waals surface area contributed by atoms with Gasteiger partial charge in [-0.1, -0.05) is 152 Å². The SMILES string of the molecule is [2H]c1c([2H])c([2H])c(N(c2ccc3c(c2)oc2ccccc23)c2cccc3c2-c2ccccc2C32c3ccccc3-c3ccccc32)c(-c2cccc3oc4ccccc4c23)c1[2H]. The summed E-state index contributed by atoms with van der Waals surface area (Å²) in [5, 5.41) is 3.60. The van der Waals surface area contributed by atoms with Crippen molar-refractivity contribution in [1.82, 2.24) is 0 Å². The van der Waals surface area contributed by atoms with Gasteiger partial charge in [0.25, 0.3) is 0 Å². The third-order valence-electron chi connectivity index (χ3n) is 12.4. The third-order valence-corrected chi connectivity index (χ3v) is 12.4. The van der Waals surface area contributed by atoms with E-state index >= 15 is 0 Å². The van der Waals surface area contributed by atoms with E-state index in [1.54, 1.807) is 0 Å². The van der Waals surface area contributed by atoms with E-state index in [-0.39, 0.29) is 24.2 Å². The molecule has 11 aromatic rings. The second-order valence-corrected chi connectivity index (χ2v) is 15.2. The van der Waals surface area contributed by atoms with Crippen LogP contribution in [0.3, 0.4) is 0 Å². The molecule has 0 saturated carbocycles. The lowest BCUT2D eigenvalue weighted by molar-refractivity contribution is 0.668. The molecule has 2 aliphatic rings. The van der Waals surface area contributed by atoms with Crippen molar-refractivity contribution in [1.29, 1.82) is 0 Å². The first-order chi connectivity index (χ1) is 30.4. The van der Waals surface area contributed by atoms with Crippen LogP contribution in [-0.4, -0.2) is 0 Å². The van der Waals surface area contributed by atoms with E-state index in [0.29, 0.717) is 39.3 Å². The van der Waals surface area contributed by atoms with Crippen molar-refractivity contribution in [2.75, 3.05) is 4.90 Å². The highest BCUT2D eigenvalue weighted by molar-refractivity contribution is 6.14. The molecule has 58 heavy (non-hydrogen) atoms. The predicted octanol–water partition coefficient (Wildman–Crippen LogP) is 15.0. The Morgan fingerprint density at radius 2 is 0.948 bits per heavy atom. The zero-order valence-corrected chi connectivity index (χ0v) is 31.0. The van der Waals surface area contributed by atoms with E-state index in [1.165, 1.54) is 22.3 Å². The molecule has 0 amide bonds. The first-order valence-electron chi connectivity index (χ1n) is 21.6. The number of hydrogen-bond acceptors (Lipinski definition) is 3. The van der Waals surface area contributed by atoms with E-state index in [2.05, 4.69) is 103 Å². The van der Waals surface area contributed by atoms with Gasteiger partial charge in [-0.15, -0.1) is 0 Å². The predicted molar refractivity (Wildman–Crippen MR) is 237 cm³/mol. The number of anilines is 3. The summed E-state index contributed by atoms with van der Waals surface area (Å²) in [6.07, 6.45) is 0. The third kappa shape index (κ3) is 4.07. The monoisotopic (exact) mass is 743 g/mol. The molecule has 1 spiro atoms. The number of para-hydroxylation sites is 3. The zero-order chi connectivity index (χ0) is 41.4. The second-order valence-electron chi connectivity index (χ2n) is 15.2. The molecule has 0 N–H and O–H groups in total. The molecule has 13 rings (SSSR count). The van der Waals surface area contributed by atoms with Gasteiger partial charge in [0.2, 0.25) is 0 Å². The van der Waals surface area contributed by atoms with Crippen LogP contribution in [-0.2, 0) is 5.41 Å². The summed E-state index contributed by atoms with van der Waals surface area (Å²) in [5.41, 5.74) is 14.1. The maximum atomic E-state index is 9.95. The summed E-state index contributed by atoms with van der Waals surface area (Å²) in [6, 6.07) is 59.2. The Bertz CT molecular complexity index is 3690. The lowest BCUT2D eigenvalue weighted by Gasteiger charge is -2.32. The van der Waals surface area contributed by atoms with Crippen LogP contribution in [0.5, 0.6) is 0 Å². The lowest BCUT2D eigenvalue weighted by Crippen LogP contribution is -2.26. The molecule has 2 aromatic heterocycles. The molecule has 3 heteroatoms. The molecule has 2 heterocycles. The molecule has 0 aliphatic heterocycles. The maximum absolute atomic E-state index is 9.95. The van der Waals surface area contributed by atoms with Crippen LogP contribution >= 0.6 is 0 Å². The van der Waals surface area contributed by atoms with Crippen molar-refractivity contribution in [3.05, 3.63) is 222 Å². The standard InChI is InChI=1S/C55H33NO2/c1-7-22-43-35(15-1)36-16-2-8-23-44(36)55(43)45-24-9-3-19-41(45)54-46(55)25-14-27-48(54)56(34-31-32-39-38-18-5-11-28-49(38)58-52(39)33-34)47-26-10-4-17-37(47)40-21-13-30-51-53(40)42-20-6-12-29-50(42)57-51/h1-33H/i4D,10D,17D,26D. The van der Waals surface area contributed by atoms with Crippen LogP contribution in [0.2, 0.25) is 0 Å². The van der Waals surface area contributed by atoms with Crippen LogP contribution in [0.25, 0.3) is 77.3 Å². The number of nitrogens with zero attached hydrogens (tertiary/aromatic N) is 1. The van der Waals surface area contributed by atoms with Crippen molar-refractivity contribution in [2.45, 2.75) is 5.41 Å². The number of benzene rings is 9. The summed E-state index contributed by atoms with van der Waals surface area (Å²) < 4.78 is 51.0. The van der Waals surface area contributed by atoms with Crippen molar-refractivity contribution in [3.8, 4) is 33.4 Å². The topological polar surface area (TPSA) is 29.5 Å². The maximum Gasteiger partial charge on any atom is 0.137 e. The van der Waals surface area contributed by atoms with E-state index < -0.39 is 5.41 Å². The molecule has 0 fully saturated rings. The average Bonchev–Trinajstić information content (AvgIpc) is 4.05. The van der Waals surface area contributed by atoms with E-state index in [0.717, 1.165) is 55.1 Å². The quantitative estimate of drug-likeness (QED) is 0.180. The van der Waals surface area contributed by atoms with Gasteiger partial charge < -0.3 is 13.7 Å². The van der Waals surface area contributed by atoms with Gasteiger partial charge >= 0.3 is 0 Å². The minimum Gasteiger partial charge on any atom is -0.456 e.